The lowest BCUT2D eigenvalue weighted by Gasteiger charge is -2.14. The van der Waals surface area contributed by atoms with E-state index in [1.807, 2.05) is 0 Å². The number of benzene rings is 1. The monoisotopic (exact) mass is 265 g/mol. The summed E-state index contributed by atoms with van der Waals surface area (Å²) in [5, 5.41) is 2.60. The molecule has 1 N–H and O–H groups in total. The van der Waals surface area contributed by atoms with Gasteiger partial charge in [0.1, 0.15) is 5.78 Å². The van der Waals surface area contributed by atoms with Gasteiger partial charge in [-0.15, -0.1) is 0 Å². The maximum absolute atomic E-state index is 12.6. The van der Waals surface area contributed by atoms with E-state index < -0.39 is 11.7 Å². The van der Waals surface area contributed by atoms with Crippen molar-refractivity contribution in [1.29, 1.82) is 0 Å². The van der Waals surface area contributed by atoms with Crippen molar-refractivity contribution in [1.82, 2.24) is 0 Å². The van der Waals surface area contributed by atoms with Crippen molar-refractivity contribution >= 4 is 23.1 Å². The fourth-order valence-corrected chi connectivity index (χ4v) is 1.45. The molecular formula is C11H11ClF3NO. The standard InChI is InChI=1S/C11H11ClF3NO/c1-7(17)4-5-16-10-3-2-8(12)6-9(10)11(13,14)15/h2-3,6,16H,4-5H2,1H3. The van der Waals surface area contributed by atoms with Gasteiger partial charge in [-0.2, -0.15) is 13.2 Å². The van der Waals surface area contributed by atoms with Crippen LogP contribution in [-0.4, -0.2) is 12.3 Å². The Bertz CT molecular complexity index is 418. The predicted molar refractivity (Wildman–Crippen MR) is 60.2 cm³/mol. The molecule has 1 aromatic carbocycles. The highest BCUT2D eigenvalue weighted by Gasteiger charge is 2.33. The van der Waals surface area contributed by atoms with Gasteiger partial charge in [0.15, 0.2) is 0 Å². The lowest BCUT2D eigenvalue weighted by Crippen LogP contribution is -2.12. The van der Waals surface area contributed by atoms with Crippen molar-refractivity contribution in [3.63, 3.8) is 0 Å². The highest BCUT2D eigenvalue weighted by Crippen LogP contribution is 2.36. The summed E-state index contributed by atoms with van der Waals surface area (Å²) >= 11 is 5.53. The lowest BCUT2D eigenvalue weighted by molar-refractivity contribution is -0.137. The van der Waals surface area contributed by atoms with Gasteiger partial charge in [0.25, 0.3) is 0 Å². The van der Waals surface area contributed by atoms with Gasteiger partial charge in [-0.25, -0.2) is 0 Å². The number of anilines is 1. The molecule has 0 atom stereocenters. The van der Waals surface area contributed by atoms with E-state index in [-0.39, 0.29) is 29.5 Å². The zero-order chi connectivity index (χ0) is 13.1. The van der Waals surface area contributed by atoms with Crippen LogP contribution < -0.4 is 5.32 Å². The van der Waals surface area contributed by atoms with Crippen molar-refractivity contribution in [3.8, 4) is 0 Å². The van der Waals surface area contributed by atoms with Crippen molar-refractivity contribution < 1.29 is 18.0 Å². The molecule has 0 aliphatic heterocycles. The second kappa shape index (κ2) is 5.40. The fourth-order valence-electron chi connectivity index (χ4n) is 1.28. The maximum Gasteiger partial charge on any atom is 0.418 e. The van der Waals surface area contributed by atoms with Crippen LogP contribution in [0.4, 0.5) is 18.9 Å². The van der Waals surface area contributed by atoms with E-state index in [1.165, 1.54) is 19.1 Å². The molecule has 0 heterocycles. The summed E-state index contributed by atoms with van der Waals surface area (Å²) in [4.78, 5) is 10.7. The van der Waals surface area contributed by atoms with Gasteiger partial charge < -0.3 is 5.32 Å². The quantitative estimate of drug-likeness (QED) is 0.898. The van der Waals surface area contributed by atoms with Crippen LogP contribution in [0, 0.1) is 0 Å². The Hall–Kier alpha value is -1.23. The van der Waals surface area contributed by atoms with Gasteiger partial charge in [0.05, 0.1) is 5.56 Å². The largest absolute Gasteiger partial charge is 0.418 e. The topological polar surface area (TPSA) is 29.1 Å². The van der Waals surface area contributed by atoms with Gasteiger partial charge >= 0.3 is 6.18 Å². The van der Waals surface area contributed by atoms with E-state index in [2.05, 4.69) is 5.32 Å². The van der Waals surface area contributed by atoms with E-state index in [0.717, 1.165) is 6.07 Å². The molecule has 0 aliphatic carbocycles. The zero-order valence-corrected chi connectivity index (χ0v) is 9.82. The number of ketones is 1. The minimum Gasteiger partial charge on any atom is -0.384 e. The molecule has 0 saturated carbocycles. The molecule has 2 nitrogen and oxygen atoms in total. The summed E-state index contributed by atoms with van der Waals surface area (Å²) in [6.45, 7) is 1.55. The Morgan fingerprint density at radius 1 is 1.41 bits per heavy atom. The number of carbonyl (C=O) groups excluding carboxylic acids is 1. The molecule has 0 saturated heterocycles. The number of Topliss-reactive ketones (excluding diaryl/α,β-unsaturated/α-hetero) is 1. The summed E-state index contributed by atoms with van der Waals surface area (Å²) in [6.07, 6.45) is -4.29. The van der Waals surface area contributed by atoms with E-state index >= 15 is 0 Å². The molecule has 6 heteroatoms. The van der Waals surface area contributed by atoms with Crippen LogP contribution >= 0.6 is 11.6 Å². The number of halogens is 4. The molecule has 0 unspecified atom stereocenters. The Labute approximate surface area is 102 Å². The average Bonchev–Trinajstić information content (AvgIpc) is 2.18. The number of alkyl halides is 3. The van der Waals surface area contributed by atoms with Crippen LogP contribution in [0.15, 0.2) is 18.2 Å². The smallest absolute Gasteiger partial charge is 0.384 e. The van der Waals surface area contributed by atoms with Crippen molar-refractivity contribution in [3.05, 3.63) is 28.8 Å². The molecule has 0 bridgehead atoms. The number of rotatable bonds is 4. The van der Waals surface area contributed by atoms with Crippen molar-refractivity contribution in [2.24, 2.45) is 0 Å². The summed E-state index contributed by atoms with van der Waals surface area (Å²) < 4.78 is 37.9. The second-order valence-corrected chi connectivity index (χ2v) is 4.00. The molecule has 0 radical (unpaired) electrons. The Balaban J connectivity index is 2.87. The maximum atomic E-state index is 12.6. The molecule has 1 aromatic rings. The number of hydrogen-bond acceptors (Lipinski definition) is 2. The number of nitrogens with one attached hydrogen (secondary N) is 1. The van der Waals surface area contributed by atoms with E-state index in [9.17, 15) is 18.0 Å². The fraction of sp³-hybridized carbons (Fsp3) is 0.364. The molecule has 0 spiro atoms. The first-order valence-electron chi connectivity index (χ1n) is 4.91. The first kappa shape index (κ1) is 13.8. The van der Waals surface area contributed by atoms with Gasteiger partial charge in [-0.1, -0.05) is 11.6 Å². The Kier molecular flexibility index (Phi) is 4.40. The lowest BCUT2D eigenvalue weighted by atomic mass is 10.1. The number of hydrogen-bond donors (Lipinski definition) is 1. The van der Waals surface area contributed by atoms with Crippen LogP contribution in [0.2, 0.25) is 5.02 Å². The van der Waals surface area contributed by atoms with Crippen molar-refractivity contribution in [2.75, 3.05) is 11.9 Å². The summed E-state index contributed by atoms with van der Waals surface area (Å²) in [5.41, 5.74) is -0.892. The third kappa shape index (κ3) is 4.26. The van der Waals surface area contributed by atoms with Gasteiger partial charge in [0, 0.05) is 23.7 Å². The second-order valence-electron chi connectivity index (χ2n) is 3.57. The minimum atomic E-state index is -4.47. The van der Waals surface area contributed by atoms with Crippen LogP contribution in [0.3, 0.4) is 0 Å². The summed E-state index contributed by atoms with van der Waals surface area (Å²) in [5.74, 6) is -0.0833. The highest BCUT2D eigenvalue weighted by molar-refractivity contribution is 6.30. The molecule has 0 aliphatic rings. The predicted octanol–water partition coefficient (Wildman–Crippen LogP) is 3.75. The molecule has 0 amide bonds. The van der Waals surface area contributed by atoms with Crippen molar-refractivity contribution in [2.45, 2.75) is 19.5 Å². The van der Waals surface area contributed by atoms with E-state index in [0.29, 0.717) is 0 Å². The Morgan fingerprint density at radius 3 is 2.59 bits per heavy atom. The number of carbonyl (C=O) groups is 1. The molecule has 0 aromatic heterocycles. The zero-order valence-electron chi connectivity index (χ0n) is 9.07. The van der Waals surface area contributed by atoms with E-state index in [4.69, 9.17) is 11.6 Å². The minimum absolute atomic E-state index is 0.0226. The van der Waals surface area contributed by atoms with Gasteiger partial charge in [0.2, 0.25) is 0 Å². The summed E-state index contributed by atoms with van der Waals surface area (Å²) in [6, 6.07) is 3.48. The molecule has 1 rings (SSSR count). The van der Waals surface area contributed by atoms with Crippen LogP contribution in [-0.2, 0) is 11.0 Å². The normalized spacial score (nSPS) is 11.4. The van der Waals surface area contributed by atoms with E-state index in [1.54, 1.807) is 0 Å². The molecule has 0 fully saturated rings. The Morgan fingerprint density at radius 2 is 2.06 bits per heavy atom. The highest BCUT2D eigenvalue weighted by atomic mass is 35.5. The average molecular weight is 266 g/mol. The van der Waals surface area contributed by atoms with Crippen LogP contribution in [0.25, 0.3) is 0 Å². The van der Waals surface area contributed by atoms with Gasteiger partial charge in [-0.3, -0.25) is 4.79 Å². The molecule has 94 valence electrons. The molecular weight excluding hydrogens is 255 g/mol. The summed E-state index contributed by atoms with van der Waals surface area (Å²) in [7, 11) is 0. The third-order valence-corrected chi connectivity index (χ3v) is 2.31. The van der Waals surface area contributed by atoms with Crippen LogP contribution in [0.5, 0.6) is 0 Å². The van der Waals surface area contributed by atoms with Gasteiger partial charge in [-0.05, 0) is 25.1 Å². The first-order valence-corrected chi connectivity index (χ1v) is 5.28. The SMILES string of the molecule is CC(=O)CCNc1ccc(Cl)cc1C(F)(F)F. The third-order valence-electron chi connectivity index (χ3n) is 2.08. The first-order chi connectivity index (χ1) is 7.80. The van der Waals surface area contributed by atoms with Crippen LogP contribution in [0.1, 0.15) is 18.9 Å². The molecule has 17 heavy (non-hydrogen) atoms.